The summed E-state index contributed by atoms with van der Waals surface area (Å²) in [5.74, 6) is -0.415. The van der Waals surface area contributed by atoms with Crippen molar-refractivity contribution >= 4 is 27.5 Å². The van der Waals surface area contributed by atoms with E-state index in [-0.39, 0.29) is 16.7 Å². The first kappa shape index (κ1) is 20.8. The van der Waals surface area contributed by atoms with E-state index in [1.165, 1.54) is 16.1 Å². The van der Waals surface area contributed by atoms with Crippen LogP contribution in [0.3, 0.4) is 0 Å². The summed E-state index contributed by atoms with van der Waals surface area (Å²) in [6.45, 7) is 5.13. The number of piperidine rings is 1. The van der Waals surface area contributed by atoms with Crippen LogP contribution in [-0.4, -0.2) is 50.2 Å². The van der Waals surface area contributed by atoms with Crippen molar-refractivity contribution in [1.82, 2.24) is 9.62 Å². The molecule has 0 aromatic heterocycles. The van der Waals surface area contributed by atoms with Gasteiger partial charge in [0.2, 0.25) is 21.8 Å². The van der Waals surface area contributed by atoms with Crippen LogP contribution in [0.5, 0.6) is 0 Å². The number of nitrogens with zero attached hydrogens (tertiary/aromatic N) is 2. The summed E-state index contributed by atoms with van der Waals surface area (Å²) in [5.41, 5.74) is 1.35. The summed E-state index contributed by atoms with van der Waals surface area (Å²) < 4.78 is 27.4. The van der Waals surface area contributed by atoms with E-state index in [9.17, 15) is 18.0 Å². The molecule has 2 amide bonds. The summed E-state index contributed by atoms with van der Waals surface area (Å²) in [7, 11) is -3.55. The Kier molecular flexibility index (Phi) is 6.40. The molecule has 0 unspecified atom stereocenters. The van der Waals surface area contributed by atoms with Crippen molar-refractivity contribution in [2.45, 2.75) is 63.3 Å². The molecular formula is C20H29N3O4S. The van der Waals surface area contributed by atoms with Crippen molar-refractivity contribution in [2.75, 3.05) is 24.5 Å². The largest absolute Gasteiger partial charge is 0.354 e. The van der Waals surface area contributed by atoms with Gasteiger partial charge in [-0.05, 0) is 43.0 Å². The highest BCUT2D eigenvalue weighted by Crippen LogP contribution is 2.35. The molecular weight excluding hydrogens is 378 g/mol. The van der Waals surface area contributed by atoms with Gasteiger partial charge in [-0.25, -0.2) is 8.42 Å². The molecule has 3 rings (SSSR count). The average molecular weight is 408 g/mol. The van der Waals surface area contributed by atoms with Crippen LogP contribution >= 0.6 is 0 Å². The molecule has 2 aliphatic rings. The standard InChI is InChI=1S/C20H29N3O4S/c1-3-4-10-21-20(25)19-14-16-13-17(8-9-18(16)23(19)15(2)24)28(26,27)22-11-6-5-7-12-22/h8-9,13,19H,3-7,10-12,14H2,1-2H3,(H,21,25)/t19-/m0/s1. The second kappa shape index (κ2) is 8.61. The molecule has 1 fully saturated rings. The number of benzene rings is 1. The Balaban J connectivity index is 1.86. The van der Waals surface area contributed by atoms with Crippen LogP contribution in [-0.2, 0) is 26.0 Å². The second-order valence-electron chi connectivity index (χ2n) is 7.51. The molecule has 1 N–H and O–H groups in total. The van der Waals surface area contributed by atoms with Crippen molar-refractivity contribution in [3.8, 4) is 0 Å². The third kappa shape index (κ3) is 4.07. The van der Waals surface area contributed by atoms with Crippen LogP contribution in [0.15, 0.2) is 23.1 Å². The number of hydrogen-bond donors (Lipinski definition) is 1. The van der Waals surface area contributed by atoms with Gasteiger partial charge in [-0.1, -0.05) is 19.8 Å². The van der Waals surface area contributed by atoms with E-state index in [1.54, 1.807) is 18.2 Å². The lowest BCUT2D eigenvalue weighted by atomic mass is 10.1. The summed E-state index contributed by atoms with van der Waals surface area (Å²) in [6.07, 6.45) is 4.99. The predicted molar refractivity (Wildman–Crippen MR) is 108 cm³/mol. The number of hydrogen-bond acceptors (Lipinski definition) is 4. The predicted octanol–water partition coefficient (Wildman–Crippen LogP) is 2.06. The summed E-state index contributed by atoms with van der Waals surface area (Å²) >= 11 is 0. The molecule has 1 aromatic carbocycles. The van der Waals surface area contributed by atoms with E-state index in [0.29, 0.717) is 31.7 Å². The first-order valence-corrected chi connectivity index (χ1v) is 11.5. The van der Waals surface area contributed by atoms with Crippen LogP contribution < -0.4 is 10.2 Å². The molecule has 0 saturated carbocycles. The van der Waals surface area contributed by atoms with Crippen LogP contribution in [0.25, 0.3) is 0 Å². The van der Waals surface area contributed by atoms with Gasteiger partial charge in [-0.3, -0.25) is 14.5 Å². The number of anilines is 1. The average Bonchev–Trinajstić information content (AvgIpc) is 3.08. The molecule has 8 heteroatoms. The number of nitrogens with one attached hydrogen (secondary N) is 1. The molecule has 0 bridgehead atoms. The van der Waals surface area contributed by atoms with E-state index >= 15 is 0 Å². The van der Waals surface area contributed by atoms with Gasteiger partial charge >= 0.3 is 0 Å². The van der Waals surface area contributed by atoms with Gasteiger partial charge in [0.1, 0.15) is 6.04 Å². The topological polar surface area (TPSA) is 86.8 Å². The van der Waals surface area contributed by atoms with E-state index in [1.807, 2.05) is 6.92 Å². The lowest BCUT2D eigenvalue weighted by molar-refractivity contribution is -0.125. The van der Waals surface area contributed by atoms with Crippen LogP contribution in [0.1, 0.15) is 51.5 Å². The molecule has 0 aliphatic carbocycles. The van der Waals surface area contributed by atoms with Gasteiger partial charge in [-0.15, -0.1) is 0 Å². The van der Waals surface area contributed by atoms with Crippen molar-refractivity contribution in [3.63, 3.8) is 0 Å². The molecule has 2 aliphatic heterocycles. The number of rotatable bonds is 6. The van der Waals surface area contributed by atoms with Crippen LogP contribution in [0, 0.1) is 0 Å². The fourth-order valence-corrected chi connectivity index (χ4v) is 5.52. The van der Waals surface area contributed by atoms with Crippen molar-refractivity contribution in [2.24, 2.45) is 0 Å². The number of fused-ring (bicyclic) bond motifs is 1. The second-order valence-corrected chi connectivity index (χ2v) is 9.45. The van der Waals surface area contributed by atoms with Gasteiger partial charge in [0, 0.05) is 38.7 Å². The number of carbonyl (C=O) groups excluding carboxylic acids is 2. The summed E-state index contributed by atoms with van der Waals surface area (Å²) in [6, 6.07) is 4.22. The molecule has 2 heterocycles. The number of amides is 2. The van der Waals surface area contributed by atoms with E-state index < -0.39 is 16.1 Å². The molecule has 1 aromatic rings. The molecule has 1 saturated heterocycles. The molecule has 1 atom stereocenters. The van der Waals surface area contributed by atoms with E-state index in [4.69, 9.17) is 0 Å². The Morgan fingerprint density at radius 3 is 2.54 bits per heavy atom. The molecule has 0 radical (unpaired) electrons. The minimum atomic E-state index is -3.55. The lowest BCUT2D eigenvalue weighted by Gasteiger charge is -2.26. The summed E-state index contributed by atoms with van der Waals surface area (Å²) in [5, 5.41) is 2.88. The normalized spacial score (nSPS) is 20.1. The highest BCUT2D eigenvalue weighted by molar-refractivity contribution is 7.89. The maximum Gasteiger partial charge on any atom is 0.243 e. The minimum absolute atomic E-state index is 0.194. The Labute approximate surface area is 167 Å². The Morgan fingerprint density at radius 2 is 1.89 bits per heavy atom. The zero-order chi connectivity index (χ0) is 20.3. The minimum Gasteiger partial charge on any atom is -0.354 e. The zero-order valence-corrected chi connectivity index (χ0v) is 17.4. The van der Waals surface area contributed by atoms with Crippen molar-refractivity contribution in [3.05, 3.63) is 23.8 Å². The SMILES string of the molecule is CCCCNC(=O)[C@@H]1Cc2cc(S(=O)(=O)N3CCCCC3)ccc2N1C(C)=O. The zero-order valence-electron chi connectivity index (χ0n) is 16.6. The number of carbonyl (C=O) groups is 2. The van der Waals surface area contributed by atoms with Gasteiger partial charge in [0.05, 0.1) is 4.90 Å². The molecule has 28 heavy (non-hydrogen) atoms. The lowest BCUT2D eigenvalue weighted by Crippen LogP contribution is -2.47. The monoisotopic (exact) mass is 407 g/mol. The highest BCUT2D eigenvalue weighted by atomic mass is 32.2. The summed E-state index contributed by atoms with van der Waals surface area (Å²) in [4.78, 5) is 26.5. The third-order valence-corrected chi connectivity index (χ3v) is 7.35. The van der Waals surface area contributed by atoms with Gasteiger partial charge in [0.15, 0.2) is 0 Å². The Morgan fingerprint density at radius 1 is 1.18 bits per heavy atom. The van der Waals surface area contributed by atoms with Crippen LogP contribution in [0.2, 0.25) is 0 Å². The molecule has 0 spiro atoms. The fourth-order valence-electron chi connectivity index (χ4n) is 3.95. The highest BCUT2D eigenvalue weighted by Gasteiger charge is 2.38. The number of sulfonamides is 1. The van der Waals surface area contributed by atoms with Gasteiger partial charge in [0.25, 0.3) is 0 Å². The van der Waals surface area contributed by atoms with Crippen molar-refractivity contribution < 1.29 is 18.0 Å². The first-order chi connectivity index (χ1) is 13.4. The van der Waals surface area contributed by atoms with E-state index in [2.05, 4.69) is 5.32 Å². The molecule has 7 nitrogen and oxygen atoms in total. The third-order valence-electron chi connectivity index (χ3n) is 5.46. The molecule has 154 valence electrons. The maximum absolute atomic E-state index is 13.0. The maximum atomic E-state index is 13.0. The fraction of sp³-hybridized carbons (Fsp3) is 0.600. The Bertz CT molecular complexity index is 847. The van der Waals surface area contributed by atoms with Gasteiger partial charge < -0.3 is 5.32 Å². The van der Waals surface area contributed by atoms with Crippen LogP contribution in [0.4, 0.5) is 5.69 Å². The van der Waals surface area contributed by atoms with Gasteiger partial charge in [-0.2, -0.15) is 4.31 Å². The first-order valence-electron chi connectivity index (χ1n) is 10.1. The quantitative estimate of drug-likeness (QED) is 0.731. The van der Waals surface area contributed by atoms with E-state index in [0.717, 1.165) is 37.7 Å². The number of unbranched alkanes of at least 4 members (excludes halogenated alkanes) is 1. The van der Waals surface area contributed by atoms with Crippen molar-refractivity contribution in [1.29, 1.82) is 0 Å². The Hall–Kier alpha value is -1.93. The smallest absolute Gasteiger partial charge is 0.243 e.